The van der Waals surface area contributed by atoms with Crippen LogP contribution >= 0.6 is 0 Å². The minimum atomic E-state index is -0.352. The normalized spacial score (nSPS) is 30.2. The minimum absolute atomic E-state index is 0.287. The fourth-order valence-corrected chi connectivity index (χ4v) is 1.39. The monoisotopic (exact) mass is 245 g/mol. The van der Waals surface area contributed by atoms with Crippen LogP contribution in [0.3, 0.4) is 0 Å². The predicted molar refractivity (Wildman–Crippen MR) is 63.6 cm³/mol. The third kappa shape index (κ3) is 6.00. The SMILES string of the molecule is CC(C)(C)OC=O.CC1(C)OC[C@H]([C@H]2CN2)O1. The molecule has 0 saturated carbocycles. The van der Waals surface area contributed by atoms with Gasteiger partial charge in [-0.25, -0.2) is 0 Å². The van der Waals surface area contributed by atoms with Crippen LogP contribution in [0.15, 0.2) is 0 Å². The average molecular weight is 245 g/mol. The molecule has 2 heterocycles. The maximum Gasteiger partial charge on any atom is 0.293 e. The highest BCUT2D eigenvalue weighted by atomic mass is 16.7. The zero-order chi connectivity index (χ0) is 13.1. The molecule has 0 bridgehead atoms. The number of nitrogens with one attached hydrogen (secondary N) is 1. The summed E-state index contributed by atoms with van der Waals surface area (Å²) in [5, 5.41) is 3.21. The van der Waals surface area contributed by atoms with Gasteiger partial charge in [-0.1, -0.05) is 0 Å². The number of rotatable bonds is 2. The van der Waals surface area contributed by atoms with E-state index in [1.807, 2.05) is 34.6 Å². The van der Waals surface area contributed by atoms with Crippen molar-refractivity contribution in [3.05, 3.63) is 0 Å². The van der Waals surface area contributed by atoms with Crippen molar-refractivity contribution in [1.82, 2.24) is 5.32 Å². The molecule has 2 fully saturated rings. The molecule has 0 spiro atoms. The van der Waals surface area contributed by atoms with E-state index in [9.17, 15) is 4.79 Å². The Balaban J connectivity index is 0.000000185. The molecule has 0 aliphatic carbocycles. The van der Waals surface area contributed by atoms with Crippen molar-refractivity contribution in [2.24, 2.45) is 0 Å². The summed E-state index contributed by atoms with van der Waals surface area (Å²) in [4.78, 5) is 9.60. The van der Waals surface area contributed by atoms with Crippen LogP contribution < -0.4 is 5.32 Å². The van der Waals surface area contributed by atoms with Gasteiger partial charge in [0.25, 0.3) is 6.47 Å². The van der Waals surface area contributed by atoms with Gasteiger partial charge in [0.05, 0.1) is 6.61 Å². The van der Waals surface area contributed by atoms with E-state index in [-0.39, 0.29) is 17.5 Å². The highest BCUT2D eigenvalue weighted by Gasteiger charge is 2.41. The zero-order valence-electron chi connectivity index (χ0n) is 11.3. The standard InChI is InChI=1S/C7H13NO2.C5H10O2/c1-7(2)9-4-6(10-7)5-3-8-5;1-5(2,3)7-4-6/h5-6,8H,3-4H2,1-2H3;4H,1-3H3/t5-,6-;/m1./s1. The Kier molecular flexibility index (Phi) is 4.52. The molecule has 17 heavy (non-hydrogen) atoms. The van der Waals surface area contributed by atoms with Crippen molar-refractivity contribution < 1.29 is 19.0 Å². The largest absolute Gasteiger partial charge is 0.462 e. The Hall–Kier alpha value is -0.650. The van der Waals surface area contributed by atoms with E-state index in [1.54, 1.807) is 0 Å². The summed E-state index contributed by atoms with van der Waals surface area (Å²) in [7, 11) is 0. The van der Waals surface area contributed by atoms with E-state index in [2.05, 4.69) is 10.1 Å². The summed E-state index contributed by atoms with van der Waals surface area (Å²) in [5.41, 5.74) is -0.318. The lowest BCUT2D eigenvalue weighted by Gasteiger charge is -2.16. The van der Waals surface area contributed by atoms with Crippen LogP contribution in [0.5, 0.6) is 0 Å². The van der Waals surface area contributed by atoms with Crippen LogP contribution in [0.25, 0.3) is 0 Å². The lowest BCUT2D eigenvalue weighted by molar-refractivity contribution is -0.139. The third-order valence-corrected chi connectivity index (χ3v) is 2.32. The molecule has 0 radical (unpaired) electrons. The van der Waals surface area contributed by atoms with Gasteiger partial charge in [0.2, 0.25) is 0 Å². The van der Waals surface area contributed by atoms with E-state index in [0.29, 0.717) is 12.5 Å². The number of hydrogen-bond acceptors (Lipinski definition) is 5. The quantitative estimate of drug-likeness (QED) is 0.582. The van der Waals surface area contributed by atoms with E-state index < -0.39 is 0 Å². The van der Waals surface area contributed by atoms with Gasteiger partial charge in [-0.05, 0) is 34.6 Å². The van der Waals surface area contributed by atoms with Gasteiger partial charge >= 0.3 is 0 Å². The van der Waals surface area contributed by atoms with Gasteiger partial charge in [-0.2, -0.15) is 0 Å². The lowest BCUT2D eigenvalue weighted by Crippen LogP contribution is -2.25. The molecule has 2 rings (SSSR count). The van der Waals surface area contributed by atoms with E-state index in [4.69, 9.17) is 9.47 Å². The molecule has 5 nitrogen and oxygen atoms in total. The van der Waals surface area contributed by atoms with Gasteiger partial charge in [0.1, 0.15) is 11.7 Å². The Bertz CT molecular complexity index is 256. The predicted octanol–water partition coefficient (Wildman–Crippen LogP) is 1.07. The zero-order valence-corrected chi connectivity index (χ0v) is 11.3. The van der Waals surface area contributed by atoms with Crippen LogP contribution in [0.1, 0.15) is 34.6 Å². The van der Waals surface area contributed by atoms with Crippen LogP contribution in [0.2, 0.25) is 0 Å². The first-order valence-corrected chi connectivity index (χ1v) is 5.90. The Morgan fingerprint density at radius 3 is 2.24 bits per heavy atom. The lowest BCUT2D eigenvalue weighted by atomic mass is 10.2. The van der Waals surface area contributed by atoms with E-state index in [1.165, 1.54) is 0 Å². The molecule has 5 heteroatoms. The number of hydrogen-bond donors (Lipinski definition) is 1. The topological polar surface area (TPSA) is 66.7 Å². The molecular formula is C12H23NO4. The van der Waals surface area contributed by atoms with Crippen molar-refractivity contribution >= 4 is 6.47 Å². The first kappa shape index (κ1) is 14.4. The van der Waals surface area contributed by atoms with Crippen molar-refractivity contribution in [3.8, 4) is 0 Å². The summed E-state index contributed by atoms with van der Waals surface area (Å²) >= 11 is 0. The van der Waals surface area contributed by atoms with Crippen molar-refractivity contribution in [1.29, 1.82) is 0 Å². The Labute approximate surface area is 103 Å². The average Bonchev–Trinajstić information content (AvgIpc) is 2.90. The Morgan fingerprint density at radius 1 is 1.41 bits per heavy atom. The molecular weight excluding hydrogens is 222 g/mol. The molecule has 0 aromatic carbocycles. The third-order valence-electron chi connectivity index (χ3n) is 2.32. The minimum Gasteiger partial charge on any atom is -0.462 e. The van der Waals surface area contributed by atoms with E-state index >= 15 is 0 Å². The molecule has 1 N–H and O–H groups in total. The summed E-state index contributed by atoms with van der Waals surface area (Å²) in [5.74, 6) is -0.352. The molecule has 0 unspecified atom stereocenters. The van der Waals surface area contributed by atoms with Gasteiger partial charge in [-0.15, -0.1) is 0 Å². The van der Waals surface area contributed by atoms with Crippen molar-refractivity contribution in [2.45, 2.75) is 58.2 Å². The molecule has 0 aromatic rings. The van der Waals surface area contributed by atoms with Gasteiger partial charge in [0, 0.05) is 12.6 Å². The van der Waals surface area contributed by atoms with Crippen LogP contribution in [-0.4, -0.2) is 43.2 Å². The summed E-state index contributed by atoms with van der Waals surface area (Å²) < 4.78 is 15.5. The van der Waals surface area contributed by atoms with Crippen molar-refractivity contribution in [2.75, 3.05) is 13.2 Å². The summed E-state index contributed by atoms with van der Waals surface area (Å²) in [6.45, 7) is 11.7. The second kappa shape index (κ2) is 5.33. The molecule has 2 saturated heterocycles. The molecule has 2 aliphatic heterocycles. The Morgan fingerprint density at radius 2 is 2.00 bits per heavy atom. The van der Waals surface area contributed by atoms with Gasteiger partial charge < -0.3 is 19.5 Å². The van der Waals surface area contributed by atoms with Crippen LogP contribution in [-0.2, 0) is 19.0 Å². The molecule has 2 atom stereocenters. The maximum absolute atomic E-state index is 9.60. The highest BCUT2D eigenvalue weighted by Crippen LogP contribution is 2.26. The van der Waals surface area contributed by atoms with Crippen LogP contribution in [0, 0.1) is 0 Å². The van der Waals surface area contributed by atoms with E-state index in [0.717, 1.165) is 13.2 Å². The second-order valence-electron chi connectivity index (χ2n) is 5.71. The summed E-state index contributed by atoms with van der Waals surface area (Å²) in [6.07, 6.45) is 0.287. The molecule has 0 amide bonds. The summed E-state index contributed by atoms with van der Waals surface area (Å²) in [6, 6.07) is 0.557. The van der Waals surface area contributed by atoms with Gasteiger partial charge in [-0.3, -0.25) is 4.79 Å². The molecule has 2 aliphatic rings. The van der Waals surface area contributed by atoms with Crippen LogP contribution in [0.4, 0.5) is 0 Å². The smallest absolute Gasteiger partial charge is 0.293 e. The highest BCUT2D eigenvalue weighted by molar-refractivity contribution is 5.37. The first-order valence-electron chi connectivity index (χ1n) is 5.90. The van der Waals surface area contributed by atoms with Crippen molar-refractivity contribution in [3.63, 3.8) is 0 Å². The number of ether oxygens (including phenoxy) is 3. The first-order chi connectivity index (χ1) is 7.73. The number of carbonyl (C=O) groups excluding carboxylic acids is 1. The van der Waals surface area contributed by atoms with Gasteiger partial charge in [0.15, 0.2) is 5.79 Å². The number of carbonyl (C=O) groups is 1. The second-order valence-corrected chi connectivity index (χ2v) is 5.71. The fraction of sp³-hybridized carbons (Fsp3) is 0.917. The fourth-order valence-electron chi connectivity index (χ4n) is 1.39. The maximum atomic E-state index is 9.60. The molecule has 0 aromatic heterocycles. The molecule has 100 valence electrons.